The Kier molecular flexibility index (Phi) is 7.94. The van der Waals surface area contributed by atoms with Gasteiger partial charge in [0.1, 0.15) is 0 Å². The normalized spacial score (nSPS) is 14.4. The molecule has 0 N–H and O–H groups in total. The van der Waals surface area contributed by atoms with Gasteiger partial charge in [0.15, 0.2) is 0 Å². The summed E-state index contributed by atoms with van der Waals surface area (Å²) >= 11 is 3.46. The van der Waals surface area contributed by atoms with Gasteiger partial charge in [-0.2, -0.15) is 0 Å². The van der Waals surface area contributed by atoms with Gasteiger partial charge in [0, 0.05) is 18.5 Å². The van der Waals surface area contributed by atoms with Crippen LogP contribution in [0.4, 0.5) is 0 Å². The highest BCUT2D eigenvalue weighted by atomic mass is 79.9. The Balaban J connectivity index is 3.21. The van der Waals surface area contributed by atoms with Crippen LogP contribution in [0.15, 0.2) is 0 Å². The van der Waals surface area contributed by atoms with E-state index < -0.39 is 0 Å². The highest BCUT2D eigenvalue weighted by Crippen LogP contribution is 2.18. The van der Waals surface area contributed by atoms with E-state index in [2.05, 4.69) is 43.6 Å². The molecule has 86 valence electrons. The van der Waals surface area contributed by atoms with Crippen molar-refractivity contribution in [3.8, 4) is 0 Å². The van der Waals surface area contributed by atoms with Gasteiger partial charge in [-0.05, 0) is 30.6 Å². The van der Waals surface area contributed by atoms with E-state index in [0.29, 0.717) is 5.41 Å². The molecule has 0 amide bonds. The highest BCUT2D eigenvalue weighted by Gasteiger charge is 2.09. The van der Waals surface area contributed by atoms with Crippen molar-refractivity contribution in [2.24, 2.45) is 11.3 Å². The van der Waals surface area contributed by atoms with Crippen LogP contribution in [0.25, 0.3) is 0 Å². The zero-order chi connectivity index (χ0) is 11.0. The zero-order valence-corrected chi connectivity index (χ0v) is 11.7. The van der Waals surface area contributed by atoms with Gasteiger partial charge in [-0.15, -0.1) is 0 Å². The Morgan fingerprint density at radius 1 is 1.14 bits per heavy atom. The number of alkyl halides is 1. The van der Waals surface area contributed by atoms with Crippen LogP contribution in [0.2, 0.25) is 0 Å². The number of ether oxygens (including phenoxy) is 1. The van der Waals surface area contributed by atoms with Crippen LogP contribution in [0.1, 0.15) is 47.0 Å². The lowest BCUT2D eigenvalue weighted by molar-refractivity contribution is 0.0983. The summed E-state index contributed by atoms with van der Waals surface area (Å²) in [6, 6.07) is 0. The molecule has 2 heteroatoms. The maximum Gasteiger partial charge on any atom is 0.0471 e. The SMILES string of the molecule is CC(CCBr)CCOCCC(C)(C)C. The molecule has 0 heterocycles. The van der Waals surface area contributed by atoms with Crippen molar-refractivity contribution < 1.29 is 4.74 Å². The Hall–Kier alpha value is 0.440. The minimum atomic E-state index is 0.404. The van der Waals surface area contributed by atoms with E-state index in [9.17, 15) is 0 Å². The molecular weight excluding hydrogens is 240 g/mol. The van der Waals surface area contributed by atoms with Crippen molar-refractivity contribution in [2.75, 3.05) is 18.5 Å². The predicted molar refractivity (Wildman–Crippen MR) is 67.1 cm³/mol. The fourth-order valence-electron chi connectivity index (χ4n) is 1.10. The van der Waals surface area contributed by atoms with Crippen LogP contribution >= 0.6 is 15.9 Å². The Bertz CT molecular complexity index is 129. The molecule has 0 spiro atoms. The van der Waals surface area contributed by atoms with Gasteiger partial charge in [0.2, 0.25) is 0 Å². The fraction of sp³-hybridized carbons (Fsp3) is 1.00. The molecule has 1 nitrogen and oxygen atoms in total. The van der Waals surface area contributed by atoms with Gasteiger partial charge in [0.05, 0.1) is 0 Å². The molecule has 0 radical (unpaired) electrons. The molecule has 0 bridgehead atoms. The Labute approximate surface area is 97.7 Å². The van der Waals surface area contributed by atoms with Crippen molar-refractivity contribution in [1.82, 2.24) is 0 Å². The molecule has 0 aliphatic rings. The number of hydrogen-bond acceptors (Lipinski definition) is 1. The van der Waals surface area contributed by atoms with Crippen molar-refractivity contribution in [2.45, 2.75) is 47.0 Å². The van der Waals surface area contributed by atoms with E-state index in [-0.39, 0.29) is 0 Å². The minimum absolute atomic E-state index is 0.404. The molecule has 0 rings (SSSR count). The van der Waals surface area contributed by atoms with Gasteiger partial charge in [-0.25, -0.2) is 0 Å². The largest absolute Gasteiger partial charge is 0.381 e. The Morgan fingerprint density at radius 2 is 1.79 bits per heavy atom. The van der Waals surface area contributed by atoms with Gasteiger partial charge < -0.3 is 4.74 Å². The summed E-state index contributed by atoms with van der Waals surface area (Å²) in [5.41, 5.74) is 0.404. The molecule has 0 fully saturated rings. The second kappa shape index (κ2) is 7.70. The topological polar surface area (TPSA) is 9.23 Å². The van der Waals surface area contributed by atoms with Crippen molar-refractivity contribution >= 4 is 15.9 Å². The molecule has 0 aliphatic carbocycles. The molecule has 0 aliphatic heterocycles. The zero-order valence-electron chi connectivity index (χ0n) is 10.1. The van der Waals surface area contributed by atoms with Crippen LogP contribution in [0.3, 0.4) is 0 Å². The molecule has 0 aromatic carbocycles. The van der Waals surface area contributed by atoms with Crippen molar-refractivity contribution in [3.63, 3.8) is 0 Å². The molecule has 0 aromatic rings. The minimum Gasteiger partial charge on any atom is -0.381 e. The second-order valence-corrected chi connectivity index (χ2v) is 6.09. The van der Waals surface area contributed by atoms with E-state index in [0.717, 1.165) is 30.9 Å². The summed E-state index contributed by atoms with van der Waals surface area (Å²) in [7, 11) is 0. The fourth-order valence-corrected chi connectivity index (χ4v) is 1.88. The summed E-state index contributed by atoms with van der Waals surface area (Å²) in [6.07, 6.45) is 3.60. The third-order valence-electron chi connectivity index (χ3n) is 2.35. The van der Waals surface area contributed by atoms with E-state index in [4.69, 9.17) is 4.74 Å². The monoisotopic (exact) mass is 264 g/mol. The maximum absolute atomic E-state index is 5.61. The van der Waals surface area contributed by atoms with Crippen LogP contribution in [-0.2, 0) is 4.74 Å². The van der Waals surface area contributed by atoms with Crippen LogP contribution in [0.5, 0.6) is 0 Å². The average Bonchev–Trinajstić information content (AvgIpc) is 2.02. The second-order valence-electron chi connectivity index (χ2n) is 5.29. The number of halogens is 1. The van der Waals surface area contributed by atoms with Gasteiger partial charge in [-0.3, -0.25) is 0 Å². The average molecular weight is 265 g/mol. The summed E-state index contributed by atoms with van der Waals surface area (Å²) in [6.45, 7) is 10.9. The van der Waals surface area contributed by atoms with Crippen molar-refractivity contribution in [3.05, 3.63) is 0 Å². The third kappa shape index (κ3) is 10.5. The smallest absolute Gasteiger partial charge is 0.0471 e. The van der Waals surface area contributed by atoms with Crippen LogP contribution in [-0.4, -0.2) is 18.5 Å². The molecular formula is C12H25BrO. The van der Waals surface area contributed by atoms with Gasteiger partial charge >= 0.3 is 0 Å². The van der Waals surface area contributed by atoms with Gasteiger partial charge in [-0.1, -0.05) is 43.6 Å². The number of rotatable bonds is 7. The Morgan fingerprint density at radius 3 is 2.29 bits per heavy atom. The van der Waals surface area contributed by atoms with Crippen LogP contribution in [0, 0.1) is 11.3 Å². The maximum atomic E-state index is 5.61. The lowest BCUT2D eigenvalue weighted by atomic mass is 9.93. The first-order valence-corrected chi connectivity index (χ1v) is 6.71. The predicted octanol–water partition coefficient (Wildman–Crippen LogP) is 4.25. The molecule has 0 aromatic heterocycles. The first-order valence-electron chi connectivity index (χ1n) is 5.59. The lowest BCUT2D eigenvalue weighted by Gasteiger charge is -2.18. The molecule has 1 atom stereocenters. The summed E-state index contributed by atoms with van der Waals surface area (Å²) in [4.78, 5) is 0. The highest BCUT2D eigenvalue weighted by molar-refractivity contribution is 9.09. The van der Waals surface area contributed by atoms with E-state index in [1.807, 2.05) is 0 Å². The quantitative estimate of drug-likeness (QED) is 0.494. The summed E-state index contributed by atoms with van der Waals surface area (Å²) in [5, 5.41) is 1.11. The molecule has 0 saturated heterocycles. The molecule has 0 saturated carbocycles. The first-order chi connectivity index (χ1) is 6.45. The molecule has 1 unspecified atom stereocenters. The van der Waals surface area contributed by atoms with E-state index >= 15 is 0 Å². The third-order valence-corrected chi connectivity index (χ3v) is 2.81. The lowest BCUT2D eigenvalue weighted by Crippen LogP contribution is -2.11. The van der Waals surface area contributed by atoms with Crippen molar-refractivity contribution in [1.29, 1.82) is 0 Å². The first kappa shape index (κ1) is 14.4. The van der Waals surface area contributed by atoms with E-state index in [1.165, 1.54) is 12.8 Å². The van der Waals surface area contributed by atoms with E-state index in [1.54, 1.807) is 0 Å². The molecule has 14 heavy (non-hydrogen) atoms. The summed E-state index contributed by atoms with van der Waals surface area (Å²) < 4.78 is 5.61. The standard InChI is InChI=1S/C12H25BrO/c1-11(5-8-13)6-9-14-10-7-12(2,3)4/h11H,5-10H2,1-4H3. The summed E-state index contributed by atoms with van der Waals surface area (Å²) in [5.74, 6) is 0.781. The van der Waals surface area contributed by atoms with Gasteiger partial charge in [0.25, 0.3) is 0 Å². The number of hydrogen-bond donors (Lipinski definition) is 0. The van der Waals surface area contributed by atoms with Crippen LogP contribution < -0.4 is 0 Å².